The first-order chi connectivity index (χ1) is 10.1. The number of nitrogens with one attached hydrogen (secondary N) is 1. The topological polar surface area (TPSA) is 35.6 Å². The monoisotopic (exact) mass is 325 g/mol. The minimum Gasteiger partial charge on any atom is -0.336 e. The molecule has 124 valence electrons. The number of halogens is 1. The molecule has 0 bridgehead atoms. The predicted molar refractivity (Wildman–Crippen MR) is 93.3 cm³/mol. The summed E-state index contributed by atoms with van der Waals surface area (Å²) in [5.41, 5.74) is 1.19. The van der Waals surface area contributed by atoms with E-state index in [0.717, 1.165) is 25.6 Å². The summed E-state index contributed by atoms with van der Waals surface area (Å²) in [4.78, 5) is 16.5. The van der Waals surface area contributed by atoms with E-state index in [9.17, 15) is 4.79 Å². The summed E-state index contributed by atoms with van der Waals surface area (Å²) in [6.07, 6.45) is 2.63. The minimum absolute atomic E-state index is 0. The number of hydrogen-bond donors (Lipinski definition) is 1. The van der Waals surface area contributed by atoms with Crippen LogP contribution in [-0.2, 0) is 11.3 Å². The SMILES string of the molecule is CN(C)CCN(Cc1ccccc1)C(=O)CNCC1CC1.Cl. The Labute approximate surface area is 140 Å². The summed E-state index contributed by atoms with van der Waals surface area (Å²) in [6, 6.07) is 10.2. The number of benzene rings is 1. The highest BCUT2D eigenvalue weighted by molar-refractivity contribution is 5.85. The van der Waals surface area contributed by atoms with E-state index in [1.54, 1.807) is 0 Å². The number of rotatable bonds is 9. The molecule has 1 amide bonds. The molecule has 0 aromatic heterocycles. The highest BCUT2D eigenvalue weighted by atomic mass is 35.5. The van der Waals surface area contributed by atoms with Crippen LogP contribution in [0, 0.1) is 5.92 Å². The third kappa shape index (κ3) is 7.25. The molecule has 1 fully saturated rings. The fourth-order valence-corrected chi connectivity index (χ4v) is 2.23. The second kappa shape index (κ2) is 9.82. The van der Waals surface area contributed by atoms with E-state index in [1.807, 2.05) is 37.2 Å². The van der Waals surface area contributed by atoms with E-state index in [-0.39, 0.29) is 18.3 Å². The van der Waals surface area contributed by atoms with Crippen molar-refractivity contribution in [3.63, 3.8) is 0 Å². The normalized spacial score (nSPS) is 13.8. The average Bonchev–Trinajstić information content (AvgIpc) is 3.28. The Morgan fingerprint density at radius 3 is 2.45 bits per heavy atom. The van der Waals surface area contributed by atoms with Gasteiger partial charge >= 0.3 is 0 Å². The van der Waals surface area contributed by atoms with E-state index < -0.39 is 0 Å². The lowest BCUT2D eigenvalue weighted by Crippen LogP contribution is -2.41. The third-order valence-electron chi connectivity index (χ3n) is 3.79. The molecule has 0 spiro atoms. The van der Waals surface area contributed by atoms with Gasteiger partial charge in [0.1, 0.15) is 0 Å². The lowest BCUT2D eigenvalue weighted by atomic mass is 10.2. The van der Waals surface area contributed by atoms with Crippen LogP contribution in [0.2, 0.25) is 0 Å². The van der Waals surface area contributed by atoms with Crippen LogP contribution in [0.5, 0.6) is 0 Å². The largest absolute Gasteiger partial charge is 0.336 e. The van der Waals surface area contributed by atoms with Crippen LogP contribution < -0.4 is 5.32 Å². The lowest BCUT2D eigenvalue weighted by molar-refractivity contribution is -0.131. The first-order valence-electron chi connectivity index (χ1n) is 7.82. The average molecular weight is 326 g/mol. The Balaban J connectivity index is 0.00000242. The van der Waals surface area contributed by atoms with Gasteiger partial charge in [-0.1, -0.05) is 30.3 Å². The van der Waals surface area contributed by atoms with Crippen LogP contribution in [0.25, 0.3) is 0 Å². The van der Waals surface area contributed by atoms with Crippen molar-refractivity contribution >= 4 is 18.3 Å². The summed E-state index contributed by atoms with van der Waals surface area (Å²) in [6.45, 7) is 3.79. The van der Waals surface area contributed by atoms with Crippen molar-refractivity contribution in [2.75, 3.05) is 40.3 Å². The quantitative estimate of drug-likeness (QED) is 0.754. The molecule has 0 radical (unpaired) electrons. The van der Waals surface area contributed by atoms with Crippen LogP contribution in [-0.4, -0.2) is 56.0 Å². The van der Waals surface area contributed by atoms with Gasteiger partial charge in [0.2, 0.25) is 5.91 Å². The molecule has 0 unspecified atom stereocenters. The van der Waals surface area contributed by atoms with Gasteiger partial charge in [-0.2, -0.15) is 0 Å². The summed E-state index contributed by atoms with van der Waals surface area (Å²) in [7, 11) is 4.08. The van der Waals surface area contributed by atoms with Gasteiger partial charge in [-0.05, 0) is 45.0 Å². The highest BCUT2D eigenvalue weighted by Crippen LogP contribution is 2.27. The Hall–Kier alpha value is -1.10. The van der Waals surface area contributed by atoms with Crippen LogP contribution in [0.4, 0.5) is 0 Å². The molecule has 5 heteroatoms. The molecule has 1 aromatic rings. The van der Waals surface area contributed by atoms with Gasteiger partial charge in [-0.25, -0.2) is 0 Å². The molecular weight excluding hydrogens is 298 g/mol. The standard InChI is InChI=1S/C17H27N3O.ClH/c1-19(2)10-11-20(14-16-6-4-3-5-7-16)17(21)13-18-12-15-8-9-15;/h3-7,15,18H,8-14H2,1-2H3;1H. The van der Waals surface area contributed by atoms with Crippen molar-refractivity contribution in [1.82, 2.24) is 15.1 Å². The molecule has 1 aliphatic carbocycles. The number of carbonyl (C=O) groups is 1. The van der Waals surface area contributed by atoms with Crippen molar-refractivity contribution in [2.24, 2.45) is 5.92 Å². The van der Waals surface area contributed by atoms with Crippen molar-refractivity contribution in [3.8, 4) is 0 Å². The molecule has 1 saturated carbocycles. The second-order valence-electron chi connectivity index (χ2n) is 6.18. The lowest BCUT2D eigenvalue weighted by Gasteiger charge is -2.25. The van der Waals surface area contributed by atoms with Crippen molar-refractivity contribution in [3.05, 3.63) is 35.9 Å². The van der Waals surface area contributed by atoms with Crippen molar-refractivity contribution < 1.29 is 4.79 Å². The molecule has 0 atom stereocenters. The van der Waals surface area contributed by atoms with Crippen LogP contribution >= 0.6 is 12.4 Å². The predicted octanol–water partition coefficient (Wildman–Crippen LogP) is 2.00. The minimum atomic E-state index is 0. The maximum absolute atomic E-state index is 12.4. The van der Waals surface area contributed by atoms with Gasteiger partial charge in [0, 0.05) is 19.6 Å². The molecular formula is C17H28ClN3O. The first kappa shape index (κ1) is 18.9. The second-order valence-corrected chi connectivity index (χ2v) is 6.18. The zero-order valence-corrected chi connectivity index (χ0v) is 14.4. The fourth-order valence-electron chi connectivity index (χ4n) is 2.23. The van der Waals surface area contributed by atoms with Gasteiger partial charge < -0.3 is 15.1 Å². The van der Waals surface area contributed by atoms with E-state index in [0.29, 0.717) is 13.1 Å². The third-order valence-corrected chi connectivity index (χ3v) is 3.79. The first-order valence-corrected chi connectivity index (χ1v) is 7.82. The molecule has 0 heterocycles. The Morgan fingerprint density at radius 2 is 1.86 bits per heavy atom. The number of likely N-dealkylation sites (N-methyl/N-ethyl adjacent to an activating group) is 1. The van der Waals surface area contributed by atoms with E-state index in [2.05, 4.69) is 22.3 Å². The maximum atomic E-state index is 12.4. The zero-order valence-electron chi connectivity index (χ0n) is 13.6. The van der Waals surface area contributed by atoms with Gasteiger partial charge in [-0.15, -0.1) is 12.4 Å². The summed E-state index contributed by atoms with van der Waals surface area (Å²) in [5.74, 6) is 1.00. The Morgan fingerprint density at radius 1 is 1.18 bits per heavy atom. The fraction of sp³-hybridized carbons (Fsp3) is 0.588. The Kier molecular flexibility index (Phi) is 8.46. The molecule has 1 N–H and O–H groups in total. The maximum Gasteiger partial charge on any atom is 0.236 e. The molecule has 2 rings (SSSR count). The van der Waals surface area contributed by atoms with Crippen molar-refractivity contribution in [1.29, 1.82) is 0 Å². The zero-order chi connectivity index (χ0) is 15.1. The van der Waals surface area contributed by atoms with E-state index in [1.165, 1.54) is 18.4 Å². The van der Waals surface area contributed by atoms with Crippen molar-refractivity contribution in [2.45, 2.75) is 19.4 Å². The Bertz CT molecular complexity index is 435. The highest BCUT2D eigenvalue weighted by Gasteiger charge is 2.21. The van der Waals surface area contributed by atoms with Crippen LogP contribution in [0.1, 0.15) is 18.4 Å². The van der Waals surface area contributed by atoms with Crippen LogP contribution in [0.15, 0.2) is 30.3 Å². The molecule has 4 nitrogen and oxygen atoms in total. The summed E-state index contributed by atoms with van der Waals surface area (Å²) >= 11 is 0. The molecule has 1 aliphatic rings. The van der Waals surface area contributed by atoms with Gasteiger partial charge in [0.25, 0.3) is 0 Å². The molecule has 22 heavy (non-hydrogen) atoms. The summed E-state index contributed by atoms with van der Waals surface area (Å²) < 4.78 is 0. The smallest absolute Gasteiger partial charge is 0.236 e. The van der Waals surface area contributed by atoms with Gasteiger partial charge in [-0.3, -0.25) is 4.79 Å². The van der Waals surface area contributed by atoms with E-state index in [4.69, 9.17) is 0 Å². The number of nitrogens with zero attached hydrogens (tertiary/aromatic N) is 2. The van der Waals surface area contributed by atoms with Gasteiger partial charge in [0.15, 0.2) is 0 Å². The molecule has 0 aliphatic heterocycles. The van der Waals surface area contributed by atoms with Crippen LogP contribution in [0.3, 0.4) is 0 Å². The number of amides is 1. The molecule has 0 saturated heterocycles. The molecule has 1 aromatic carbocycles. The number of carbonyl (C=O) groups excluding carboxylic acids is 1. The van der Waals surface area contributed by atoms with Gasteiger partial charge in [0.05, 0.1) is 6.54 Å². The summed E-state index contributed by atoms with van der Waals surface area (Å²) in [5, 5.41) is 3.30. The van der Waals surface area contributed by atoms with E-state index >= 15 is 0 Å². The number of hydrogen-bond acceptors (Lipinski definition) is 3.